The van der Waals surface area contributed by atoms with Crippen molar-refractivity contribution in [2.45, 2.75) is 0 Å². The minimum atomic E-state index is -0.466. The van der Waals surface area contributed by atoms with Crippen molar-refractivity contribution in [1.82, 2.24) is 9.88 Å². The Kier molecular flexibility index (Phi) is 8.65. The highest BCUT2D eigenvalue weighted by Crippen LogP contribution is 2.32. The molecule has 9 nitrogen and oxygen atoms in total. The number of carbonyl (C=O) groups is 2. The lowest BCUT2D eigenvalue weighted by Gasteiger charge is -2.26. The monoisotopic (exact) mass is 541 g/mol. The van der Waals surface area contributed by atoms with Crippen LogP contribution in [0.3, 0.4) is 0 Å². The number of Topliss-reactive ketones (excluding diaryl/α,β-unsaturated/α-hetero) is 1. The number of hydrogen-bond donors (Lipinski definition) is 2. The SMILES string of the molecule is COC(=O)c1ccc2c(C(=Nc3ccc(C(=O)COCCN4CCOCC4)cc3)c3ccccc3)c(O)[nH]c2c1. The zero-order valence-corrected chi connectivity index (χ0v) is 22.3. The van der Waals surface area contributed by atoms with E-state index >= 15 is 0 Å². The molecule has 1 saturated heterocycles. The second-order valence-corrected chi connectivity index (χ2v) is 9.40. The van der Waals surface area contributed by atoms with Crippen LogP contribution in [0.15, 0.2) is 77.8 Å². The smallest absolute Gasteiger partial charge is 0.337 e. The highest BCUT2D eigenvalue weighted by atomic mass is 16.5. The van der Waals surface area contributed by atoms with Crippen LogP contribution in [-0.4, -0.2) is 85.6 Å². The molecule has 0 aliphatic carbocycles. The summed E-state index contributed by atoms with van der Waals surface area (Å²) >= 11 is 0. The maximum Gasteiger partial charge on any atom is 0.337 e. The molecule has 1 aliphatic heterocycles. The van der Waals surface area contributed by atoms with E-state index in [9.17, 15) is 14.7 Å². The first-order chi connectivity index (χ1) is 19.5. The van der Waals surface area contributed by atoms with Crippen molar-refractivity contribution in [3.05, 3.63) is 95.1 Å². The van der Waals surface area contributed by atoms with Gasteiger partial charge in [0.1, 0.15) is 6.61 Å². The minimum absolute atomic E-state index is 0.0129. The van der Waals surface area contributed by atoms with Crippen molar-refractivity contribution in [3.63, 3.8) is 0 Å². The lowest BCUT2D eigenvalue weighted by molar-refractivity contribution is 0.0208. The summed E-state index contributed by atoms with van der Waals surface area (Å²) in [4.78, 5) is 34.7. The van der Waals surface area contributed by atoms with Gasteiger partial charge >= 0.3 is 5.97 Å². The number of ketones is 1. The van der Waals surface area contributed by atoms with Gasteiger partial charge in [0.25, 0.3) is 0 Å². The third kappa shape index (κ3) is 6.28. The summed E-state index contributed by atoms with van der Waals surface area (Å²) in [6.45, 7) is 4.51. The van der Waals surface area contributed by atoms with E-state index < -0.39 is 5.97 Å². The molecule has 1 aromatic heterocycles. The van der Waals surface area contributed by atoms with E-state index in [1.54, 1.807) is 42.5 Å². The maximum absolute atomic E-state index is 12.7. The summed E-state index contributed by atoms with van der Waals surface area (Å²) in [5, 5.41) is 11.6. The van der Waals surface area contributed by atoms with Gasteiger partial charge in [-0.25, -0.2) is 9.79 Å². The summed E-state index contributed by atoms with van der Waals surface area (Å²) in [7, 11) is 1.32. The fourth-order valence-corrected chi connectivity index (χ4v) is 4.65. The number of methoxy groups -OCH3 is 1. The Hall–Kier alpha value is -4.31. The quantitative estimate of drug-likeness (QED) is 0.133. The summed E-state index contributed by atoms with van der Waals surface area (Å²) in [6.07, 6.45) is 0. The molecule has 0 saturated carbocycles. The van der Waals surface area contributed by atoms with E-state index in [2.05, 4.69) is 9.88 Å². The van der Waals surface area contributed by atoms with Crippen molar-refractivity contribution >= 4 is 34.1 Å². The van der Waals surface area contributed by atoms with Crippen LogP contribution in [0, 0.1) is 0 Å². The van der Waals surface area contributed by atoms with E-state index in [4.69, 9.17) is 19.2 Å². The van der Waals surface area contributed by atoms with Gasteiger partial charge in [0.2, 0.25) is 0 Å². The van der Waals surface area contributed by atoms with Gasteiger partial charge in [0.15, 0.2) is 11.7 Å². The number of aromatic hydroxyl groups is 1. The van der Waals surface area contributed by atoms with E-state index in [0.29, 0.717) is 45.6 Å². The normalized spacial score (nSPS) is 14.4. The van der Waals surface area contributed by atoms with Crippen LogP contribution in [0.5, 0.6) is 5.88 Å². The Labute approximate surface area is 232 Å². The molecular weight excluding hydrogens is 510 g/mol. The van der Waals surface area contributed by atoms with Crippen LogP contribution < -0.4 is 0 Å². The molecule has 2 heterocycles. The number of benzene rings is 3. The predicted molar refractivity (Wildman–Crippen MR) is 152 cm³/mol. The summed E-state index contributed by atoms with van der Waals surface area (Å²) in [5.41, 5.74) is 3.94. The Morgan fingerprint density at radius 3 is 2.42 bits per heavy atom. The van der Waals surface area contributed by atoms with Gasteiger partial charge in [-0.1, -0.05) is 36.4 Å². The average molecular weight is 542 g/mol. The van der Waals surface area contributed by atoms with Gasteiger partial charge in [-0.05, 0) is 36.4 Å². The van der Waals surface area contributed by atoms with Crippen molar-refractivity contribution in [3.8, 4) is 5.88 Å². The molecular formula is C31H31N3O6. The van der Waals surface area contributed by atoms with E-state index in [1.807, 2.05) is 30.3 Å². The summed E-state index contributed by atoms with van der Waals surface area (Å²) < 4.78 is 15.8. The molecule has 40 heavy (non-hydrogen) atoms. The number of hydrogen-bond acceptors (Lipinski definition) is 8. The van der Waals surface area contributed by atoms with Gasteiger partial charge in [0.05, 0.1) is 49.5 Å². The first-order valence-corrected chi connectivity index (χ1v) is 13.1. The van der Waals surface area contributed by atoms with Gasteiger partial charge in [-0.2, -0.15) is 0 Å². The average Bonchev–Trinajstić information content (AvgIpc) is 3.33. The largest absolute Gasteiger partial charge is 0.494 e. The molecule has 0 atom stereocenters. The molecule has 1 aliphatic rings. The number of fused-ring (bicyclic) bond motifs is 1. The van der Waals surface area contributed by atoms with Gasteiger partial charge in [-0.3, -0.25) is 9.69 Å². The molecule has 4 aromatic rings. The number of morpholine rings is 1. The molecule has 9 heteroatoms. The van der Waals surface area contributed by atoms with Gasteiger partial charge in [0, 0.05) is 41.7 Å². The summed E-state index contributed by atoms with van der Waals surface area (Å²) in [5.74, 6) is -0.635. The molecule has 0 spiro atoms. The maximum atomic E-state index is 12.7. The molecule has 3 aromatic carbocycles. The number of rotatable bonds is 10. The third-order valence-corrected chi connectivity index (χ3v) is 6.80. The van der Waals surface area contributed by atoms with E-state index in [-0.39, 0.29) is 18.3 Å². The second kappa shape index (κ2) is 12.7. The number of aromatic amines is 1. The number of esters is 1. The lowest BCUT2D eigenvalue weighted by Crippen LogP contribution is -2.38. The second-order valence-electron chi connectivity index (χ2n) is 9.40. The van der Waals surface area contributed by atoms with Crippen molar-refractivity contribution in [2.75, 3.05) is 53.2 Å². The molecule has 0 amide bonds. The first-order valence-electron chi connectivity index (χ1n) is 13.1. The number of H-pyrrole nitrogens is 1. The molecule has 2 N–H and O–H groups in total. The fraction of sp³-hybridized carbons (Fsp3) is 0.258. The predicted octanol–water partition coefficient (Wildman–Crippen LogP) is 4.36. The Balaban J connectivity index is 1.36. The standard InChI is InChI=1S/C31H31N3O6/c1-38-31(37)23-9-12-25-26(19-23)33-30(36)28(25)29(22-5-3-2-4-6-22)32-24-10-7-21(8-11-24)27(35)20-40-18-15-34-13-16-39-17-14-34/h2-12,19,33,36H,13-18,20H2,1H3. The van der Waals surface area contributed by atoms with E-state index in [0.717, 1.165) is 38.4 Å². The number of aromatic nitrogens is 1. The molecule has 5 rings (SSSR count). The number of nitrogens with zero attached hydrogens (tertiary/aromatic N) is 2. The van der Waals surface area contributed by atoms with Crippen molar-refractivity contribution in [1.29, 1.82) is 0 Å². The number of aliphatic imine (C=N–C) groups is 1. The number of ether oxygens (including phenoxy) is 3. The number of nitrogens with one attached hydrogen (secondary N) is 1. The molecule has 0 bridgehead atoms. The molecule has 1 fully saturated rings. The molecule has 206 valence electrons. The van der Waals surface area contributed by atoms with Crippen LogP contribution >= 0.6 is 0 Å². The van der Waals surface area contributed by atoms with Crippen molar-refractivity contribution < 1.29 is 28.9 Å². The third-order valence-electron chi connectivity index (χ3n) is 6.80. The van der Waals surface area contributed by atoms with Gasteiger partial charge in [-0.15, -0.1) is 0 Å². The van der Waals surface area contributed by atoms with Crippen LogP contribution in [0.2, 0.25) is 0 Å². The van der Waals surface area contributed by atoms with Crippen LogP contribution in [0.4, 0.5) is 5.69 Å². The van der Waals surface area contributed by atoms with E-state index in [1.165, 1.54) is 7.11 Å². The highest BCUT2D eigenvalue weighted by Gasteiger charge is 2.20. The van der Waals surface area contributed by atoms with Crippen LogP contribution in [0.25, 0.3) is 10.9 Å². The van der Waals surface area contributed by atoms with Crippen molar-refractivity contribution in [2.24, 2.45) is 4.99 Å². The molecule has 0 unspecified atom stereocenters. The van der Waals surface area contributed by atoms with Crippen LogP contribution in [0.1, 0.15) is 31.8 Å². The molecule has 0 radical (unpaired) electrons. The summed E-state index contributed by atoms with van der Waals surface area (Å²) in [6, 6.07) is 21.6. The van der Waals surface area contributed by atoms with Crippen LogP contribution in [-0.2, 0) is 14.2 Å². The minimum Gasteiger partial charge on any atom is -0.494 e. The Bertz CT molecular complexity index is 1510. The lowest BCUT2D eigenvalue weighted by atomic mass is 10.00. The number of carbonyl (C=O) groups excluding carboxylic acids is 2. The zero-order valence-electron chi connectivity index (χ0n) is 22.3. The first kappa shape index (κ1) is 27.3. The topological polar surface area (TPSA) is 113 Å². The zero-order chi connectivity index (χ0) is 27.9. The Morgan fingerprint density at radius 2 is 1.70 bits per heavy atom. The van der Waals surface area contributed by atoms with Gasteiger partial charge < -0.3 is 24.3 Å². The fourth-order valence-electron chi connectivity index (χ4n) is 4.65. The Morgan fingerprint density at radius 1 is 0.975 bits per heavy atom. The highest BCUT2D eigenvalue weighted by molar-refractivity contribution is 6.22.